The molecule has 16 heavy (non-hydrogen) atoms. The van der Waals surface area contributed by atoms with Gasteiger partial charge in [-0.2, -0.15) is 5.26 Å². The minimum atomic E-state index is 0. The summed E-state index contributed by atoms with van der Waals surface area (Å²) >= 11 is 11.8. The Hall–Kier alpha value is -0.460. The van der Waals surface area contributed by atoms with E-state index in [1.807, 2.05) is 12.1 Å². The summed E-state index contributed by atoms with van der Waals surface area (Å²) in [7, 11) is 0. The molecule has 0 aliphatic heterocycles. The molecule has 0 bridgehead atoms. The fraction of sp³-hybridized carbons (Fsp3) is 0.364. The monoisotopic (exact) mass is 278 g/mol. The van der Waals surface area contributed by atoms with Crippen LogP contribution < -0.4 is 5.32 Å². The van der Waals surface area contributed by atoms with E-state index in [0.29, 0.717) is 16.6 Å². The summed E-state index contributed by atoms with van der Waals surface area (Å²) in [6.45, 7) is 2.39. The second-order valence-electron chi connectivity index (χ2n) is 3.17. The van der Waals surface area contributed by atoms with Gasteiger partial charge in [0.2, 0.25) is 0 Å². The zero-order chi connectivity index (χ0) is 11.3. The minimum Gasteiger partial charge on any atom is -0.298 e. The Morgan fingerprint density at radius 2 is 2.06 bits per heavy atom. The van der Waals surface area contributed by atoms with Gasteiger partial charge in [-0.1, -0.05) is 36.2 Å². The van der Waals surface area contributed by atoms with Crippen molar-refractivity contribution < 1.29 is 0 Å². The molecule has 88 valence electrons. The van der Waals surface area contributed by atoms with Crippen LogP contribution in [0.25, 0.3) is 0 Å². The molecule has 1 rings (SSSR count). The molecular weight excluding hydrogens is 266 g/mol. The van der Waals surface area contributed by atoms with Crippen LogP contribution in [0.5, 0.6) is 0 Å². The Morgan fingerprint density at radius 3 is 2.56 bits per heavy atom. The molecule has 0 aromatic heterocycles. The third kappa shape index (κ3) is 4.19. The van der Waals surface area contributed by atoms with E-state index in [1.54, 1.807) is 6.07 Å². The van der Waals surface area contributed by atoms with Crippen LogP contribution in [-0.2, 0) is 0 Å². The van der Waals surface area contributed by atoms with Crippen molar-refractivity contribution in [3.05, 3.63) is 33.8 Å². The lowest BCUT2D eigenvalue weighted by molar-refractivity contribution is 0.554. The lowest BCUT2D eigenvalue weighted by Gasteiger charge is -2.15. The van der Waals surface area contributed by atoms with Gasteiger partial charge in [0.15, 0.2) is 0 Å². The van der Waals surface area contributed by atoms with Crippen molar-refractivity contribution in [1.82, 2.24) is 5.32 Å². The van der Waals surface area contributed by atoms with Gasteiger partial charge in [0.25, 0.3) is 0 Å². The maximum absolute atomic E-state index is 8.50. The van der Waals surface area contributed by atoms with Gasteiger partial charge in [-0.05, 0) is 24.1 Å². The Morgan fingerprint density at radius 1 is 1.38 bits per heavy atom. The Kier molecular flexibility index (Phi) is 7.53. The van der Waals surface area contributed by atoms with Gasteiger partial charge < -0.3 is 0 Å². The van der Waals surface area contributed by atoms with Crippen molar-refractivity contribution in [2.45, 2.75) is 19.4 Å². The number of nitrogens with zero attached hydrogens (tertiary/aromatic N) is 1. The van der Waals surface area contributed by atoms with E-state index < -0.39 is 0 Å². The Labute approximate surface area is 112 Å². The van der Waals surface area contributed by atoms with Crippen molar-refractivity contribution >= 4 is 35.6 Å². The summed E-state index contributed by atoms with van der Waals surface area (Å²) in [4.78, 5) is 0. The first kappa shape index (κ1) is 15.5. The quantitative estimate of drug-likeness (QED) is 0.846. The van der Waals surface area contributed by atoms with Crippen LogP contribution in [0.1, 0.15) is 24.9 Å². The van der Waals surface area contributed by atoms with Gasteiger partial charge in [0.05, 0.1) is 22.7 Å². The third-order valence-electron chi connectivity index (χ3n) is 2.18. The van der Waals surface area contributed by atoms with E-state index in [1.165, 1.54) is 0 Å². The van der Waals surface area contributed by atoms with Gasteiger partial charge in [-0.25, -0.2) is 0 Å². The number of nitrogens with one attached hydrogen (secondary N) is 1. The summed E-state index contributed by atoms with van der Waals surface area (Å²) in [5, 5.41) is 12.7. The van der Waals surface area contributed by atoms with Crippen molar-refractivity contribution in [3.63, 3.8) is 0 Å². The van der Waals surface area contributed by atoms with Crippen LogP contribution in [-0.4, -0.2) is 6.54 Å². The number of nitriles is 1. The van der Waals surface area contributed by atoms with Gasteiger partial charge in [-0.15, -0.1) is 12.4 Å². The van der Waals surface area contributed by atoms with E-state index in [4.69, 9.17) is 28.5 Å². The molecule has 0 saturated heterocycles. The maximum atomic E-state index is 8.50. The number of halogens is 3. The molecule has 0 heterocycles. The molecule has 5 heteroatoms. The number of benzene rings is 1. The molecule has 1 aromatic rings. The van der Waals surface area contributed by atoms with E-state index in [0.717, 1.165) is 12.0 Å². The summed E-state index contributed by atoms with van der Waals surface area (Å²) < 4.78 is 0. The highest BCUT2D eigenvalue weighted by molar-refractivity contribution is 6.42. The third-order valence-corrected chi connectivity index (χ3v) is 2.92. The standard InChI is InChI=1S/C11H12Cl2N2.ClH/c1-2-11(15-6-5-14)8-3-4-9(12)10(13)7-8;/h3-4,7,11,15H,2,6H2,1H3;1H. The molecule has 0 aliphatic carbocycles. The smallest absolute Gasteiger partial charge is 0.0845 e. The van der Waals surface area contributed by atoms with Crippen LogP contribution in [0.15, 0.2) is 18.2 Å². The van der Waals surface area contributed by atoms with Crippen LogP contribution in [0.3, 0.4) is 0 Å². The SMILES string of the molecule is CCC(NCC#N)c1ccc(Cl)c(Cl)c1.Cl. The summed E-state index contributed by atoms with van der Waals surface area (Å²) in [6.07, 6.45) is 0.902. The minimum absolute atomic E-state index is 0. The van der Waals surface area contributed by atoms with Crippen LogP contribution in [0.4, 0.5) is 0 Å². The highest BCUT2D eigenvalue weighted by Crippen LogP contribution is 2.26. The first-order valence-electron chi connectivity index (χ1n) is 4.74. The normalized spacial score (nSPS) is 11.4. The van der Waals surface area contributed by atoms with E-state index in [2.05, 4.69) is 18.3 Å². The molecule has 0 aliphatic rings. The zero-order valence-electron chi connectivity index (χ0n) is 8.84. The molecule has 0 fully saturated rings. The summed E-state index contributed by atoms with van der Waals surface area (Å²) in [6, 6.07) is 7.74. The highest BCUT2D eigenvalue weighted by Gasteiger charge is 2.09. The molecule has 1 atom stereocenters. The van der Waals surface area contributed by atoms with Crippen molar-refractivity contribution in [2.75, 3.05) is 6.54 Å². The maximum Gasteiger partial charge on any atom is 0.0845 e. The molecular formula is C11H13Cl3N2. The van der Waals surface area contributed by atoms with Crippen LogP contribution >= 0.6 is 35.6 Å². The molecule has 0 spiro atoms. The van der Waals surface area contributed by atoms with E-state index in [-0.39, 0.29) is 18.4 Å². The Balaban J connectivity index is 0.00000225. The average molecular weight is 280 g/mol. The lowest BCUT2D eigenvalue weighted by atomic mass is 10.0. The van der Waals surface area contributed by atoms with Gasteiger partial charge >= 0.3 is 0 Å². The predicted octanol–water partition coefficient (Wildman–Crippen LogP) is 3.98. The van der Waals surface area contributed by atoms with E-state index >= 15 is 0 Å². The van der Waals surface area contributed by atoms with Gasteiger partial charge in [-0.3, -0.25) is 5.32 Å². The topological polar surface area (TPSA) is 35.8 Å². The van der Waals surface area contributed by atoms with Crippen LogP contribution in [0, 0.1) is 11.3 Å². The molecule has 0 amide bonds. The first-order valence-corrected chi connectivity index (χ1v) is 5.50. The van der Waals surface area contributed by atoms with Crippen molar-refractivity contribution in [3.8, 4) is 6.07 Å². The van der Waals surface area contributed by atoms with Gasteiger partial charge in [0.1, 0.15) is 0 Å². The summed E-state index contributed by atoms with van der Waals surface area (Å²) in [5.74, 6) is 0. The van der Waals surface area contributed by atoms with Crippen molar-refractivity contribution in [1.29, 1.82) is 5.26 Å². The fourth-order valence-electron chi connectivity index (χ4n) is 1.40. The molecule has 1 N–H and O–H groups in total. The molecule has 0 radical (unpaired) electrons. The largest absolute Gasteiger partial charge is 0.298 e. The number of hydrogen-bond acceptors (Lipinski definition) is 2. The fourth-order valence-corrected chi connectivity index (χ4v) is 1.70. The van der Waals surface area contributed by atoms with Crippen LogP contribution in [0.2, 0.25) is 10.0 Å². The van der Waals surface area contributed by atoms with E-state index in [9.17, 15) is 0 Å². The average Bonchev–Trinajstić information content (AvgIpc) is 2.24. The van der Waals surface area contributed by atoms with Gasteiger partial charge in [0, 0.05) is 6.04 Å². The Bertz CT molecular complexity index is 374. The highest BCUT2D eigenvalue weighted by atomic mass is 35.5. The second-order valence-corrected chi connectivity index (χ2v) is 3.99. The molecule has 1 aromatic carbocycles. The predicted molar refractivity (Wildman–Crippen MR) is 70.4 cm³/mol. The second kappa shape index (κ2) is 7.76. The lowest BCUT2D eigenvalue weighted by Crippen LogP contribution is -2.20. The zero-order valence-corrected chi connectivity index (χ0v) is 11.2. The molecule has 2 nitrogen and oxygen atoms in total. The number of hydrogen-bond donors (Lipinski definition) is 1. The number of rotatable bonds is 4. The molecule has 0 saturated carbocycles. The summed E-state index contributed by atoms with van der Waals surface area (Å²) in [5.41, 5.74) is 1.06. The van der Waals surface area contributed by atoms with Crippen molar-refractivity contribution in [2.24, 2.45) is 0 Å². The molecule has 1 unspecified atom stereocenters. The first-order chi connectivity index (χ1) is 7.19.